The van der Waals surface area contributed by atoms with Crippen molar-refractivity contribution in [2.75, 3.05) is 0 Å². The fraction of sp³-hybridized carbons (Fsp3) is 0.318. The number of hydrogen-bond acceptors (Lipinski definition) is 8. The Hall–Kier alpha value is -3.23. The van der Waals surface area contributed by atoms with E-state index in [0.29, 0.717) is 22.1 Å². The van der Waals surface area contributed by atoms with Crippen molar-refractivity contribution in [1.29, 1.82) is 0 Å². The second-order valence-electron chi connectivity index (χ2n) is 8.06. The van der Waals surface area contributed by atoms with Gasteiger partial charge < -0.3 is 26.2 Å². The number of carbonyl (C=O) groups excluding carboxylic acids is 3. The minimum atomic E-state index is -2.64. The zero-order valence-corrected chi connectivity index (χ0v) is 16.6. The first kappa shape index (κ1) is 20.1. The van der Waals surface area contributed by atoms with E-state index in [1.54, 1.807) is 26.0 Å². The van der Waals surface area contributed by atoms with E-state index in [4.69, 9.17) is 5.73 Å². The first-order valence-corrected chi connectivity index (χ1v) is 9.42. The van der Waals surface area contributed by atoms with Crippen LogP contribution >= 0.6 is 0 Å². The monoisotopic (exact) mass is 411 g/mol. The van der Waals surface area contributed by atoms with Crippen molar-refractivity contribution < 1.29 is 34.8 Å². The Morgan fingerprint density at radius 3 is 2.37 bits per heavy atom. The summed E-state index contributed by atoms with van der Waals surface area (Å²) >= 11 is 0. The van der Waals surface area contributed by atoms with Crippen molar-refractivity contribution >= 4 is 28.1 Å². The molecule has 4 rings (SSSR count). The van der Waals surface area contributed by atoms with Crippen molar-refractivity contribution in [1.82, 2.24) is 0 Å². The molecule has 156 valence electrons. The molecule has 8 heteroatoms. The zero-order valence-electron chi connectivity index (χ0n) is 16.6. The molecule has 8 nitrogen and oxygen atoms in total. The first-order chi connectivity index (χ1) is 13.9. The van der Waals surface area contributed by atoms with Gasteiger partial charge in [0, 0.05) is 5.92 Å². The number of Topliss-reactive ketones (excluding diaryl/α,β-unsaturated/α-hetero) is 3. The lowest BCUT2D eigenvalue weighted by molar-refractivity contribution is -0.127. The second-order valence-corrected chi connectivity index (χ2v) is 8.06. The highest BCUT2D eigenvalue weighted by Crippen LogP contribution is 2.50. The number of aliphatic hydroxyl groups is 2. The summed E-state index contributed by atoms with van der Waals surface area (Å²) in [5, 5.41) is 43.9. The van der Waals surface area contributed by atoms with Gasteiger partial charge >= 0.3 is 0 Å². The minimum Gasteiger partial charge on any atom is -0.508 e. The molecule has 0 aromatic heterocycles. The highest BCUT2D eigenvalue weighted by molar-refractivity contribution is 6.25. The van der Waals surface area contributed by atoms with E-state index in [1.807, 2.05) is 0 Å². The smallest absolute Gasteiger partial charge is 0.206 e. The number of carbonyl (C=O) groups is 3. The van der Waals surface area contributed by atoms with E-state index >= 15 is 0 Å². The summed E-state index contributed by atoms with van der Waals surface area (Å²) in [4.78, 5) is 37.9. The molecule has 0 amide bonds. The Balaban J connectivity index is 2.11. The molecule has 0 saturated carbocycles. The number of ketones is 3. The topological polar surface area (TPSA) is 158 Å². The fourth-order valence-corrected chi connectivity index (χ4v) is 4.76. The van der Waals surface area contributed by atoms with Crippen molar-refractivity contribution in [3.05, 3.63) is 45.7 Å². The van der Waals surface area contributed by atoms with Crippen LogP contribution < -0.4 is 5.73 Å². The zero-order chi connectivity index (χ0) is 22.3. The van der Waals surface area contributed by atoms with Crippen molar-refractivity contribution in [3.8, 4) is 11.5 Å². The molecular weight excluding hydrogens is 390 g/mol. The normalized spacial score (nSPS) is 26.0. The third-order valence-electron chi connectivity index (χ3n) is 6.48. The van der Waals surface area contributed by atoms with Crippen LogP contribution in [-0.2, 0) is 16.0 Å². The first-order valence-electron chi connectivity index (χ1n) is 9.42. The summed E-state index contributed by atoms with van der Waals surface area (Å²) in [6.45, 7) is 4.35. The molecule has 3 atom stereocenters. The summed E-state index contributed by atoms with van der Waals surface area (Å²) < 4.78 is 0. The Morgan fingerprint density at radius 1 is 1.13 bits per heavy atom. The minimum absolute atomic E-state index is 0.0492. The van der Waals surface area contributed by atoms with Crippen molar-refractivity contribution in [3.63, 3.8) is 0 Å². The maximum Gasteiger partial charge on any atom is 0.206 e. The SMILES string of the molecule is CC(=O)C1=C(O)[C@]2(O)C(=O)c3c(c(C)c4ccc(C)c(O)c4c3O)C[C@@H]2[C@H](N)C1=O. The van der Waals surface area contributed by atoms with Crippen LogP contribution in [0.3, 0.4) is 0 Å². The molecule has 2 aromatic rings. The summed E-state index contributed by atoms with van der Waals surface area (Å²) in [5.41, 5.74) is 3.80. The quantitative estimate of drug-likeness (QED) is 0.439. The third kappa shape index (κ3) is 2.20. The average molecular weight is 411 g/mol. The number of aliphatic hydroxyl groups excluding tert-OH is 1. The van der Waals surface area contributed by atoms with Gasteiger partial charge in [0.15, 0.2) is 17.2 Å². The number of aryl methyl sites for hydroxylation is 2. The summed E-state index contributed by atoms with van der Waals surface area (Å²) in [6.07, 6.45) is -0.0936. The molecule has 0 heterocycles. The van der Waals surface area contributed by atoms with E-state index in [-0.39, 0.29) is 23.1 Å². The van der Waals surface area contributed by atoms with Crippen LogP contribution in [-0.4, -0.2) is 49.4 Å². The number of phenolic OH excluding ortho intramolecular Hbond substituents is 2. The van der Waals surface area contributed by atoms with Gasteiger partial charge in [0.05, 0.1) is 17.0 Å². The summed E-state index contributed by atoms with van der Waals surface area (Å²) in [7, 11) is 0. The standard InChI is InChI=1S/C22H21NO7/c1-7-4-5-10-8(2)11-6-12-16(23)19(27)13(9(3)24)20(28)22(12,30)21(29)15(11)18(26)14(10)17(7)25/h4-5,12,16,25-26,28,30H,6,23H2,1-3H3/t12-,16+,22+/m1/s1. The highest BCUT2D eigenvalue weighted by Gasteiger charge is 2.60. The molecular formula is C22H21NO7. The van der Waals surface area contributed by atoms with Crippen molar-refractivity contribution in [2.24, 2.45) is 11.7 Å². The molecule has 2 aromatic carbocycles. The van der Waals surface area contributed by atoms with E-state index in [9.17, 15) is 34.8 Å². The third-order valence-corrected chi connectivity index (χ3v) is 6.48. The van der Waals surface area contributed by atoms with Crippen LogP contribution in [0.1, 0.15) is 34.0 Å². The number of nitrogens with two attached hydrogens (primary N) is 1. The van der Waals surface area contributed by atoms with Crippen LogP contribution in [0.4, 0.5) is 0 Å². The Kier molecular flexibility index (Phi) is 4.10. The van der Waals surface area contributed by atoms with Crippen LogP contribution in [0, 0.1) is 19.8 Å². The van der Waals surface area contributed by atoms with Gasteiger partial charge in [-0.25, -0.2) is 0 Å². The second kappa shape index (κ2) is 6.13. The highest BCUT2D eigenvalue weighted by atomic mass is 16.3. The predicted molar refractivity (Wildman–Crippen MR) is 107 cm³/mol. The van der Waals surface area contributed by atoms with Crippen molar-refractivity contribution in [2.45, 2.75) is 38.8 Å². The molecule has 0 saturated heterocycles. The number of benzene rings is 2. The summed E-state index contributed by atoms with van der Waals surface area (Å²) in [5.74, 6) is -5.76. The Labute approximate surface area is 171 Å². The number of hydrogen-bond donors (Lipinski definition) is 5. The largest absolute Gasteiger partial charge is 0.508 e. The van der Waals surface area contributed by atoms with Gasteiger partial charge in [0.25, 0.3) is 0 Å². The van der Waals surface area contributed by atoms with E-state index in [2.05, 4.69) is 0 Å². The molecule has 0 spiro atoms. The maximum absolute atomic E-state index is 13.5. The fourth-order valence-electron chi connectivity index (χ4n) is 4.76. The van der Waals surface area contributed by atoms with Crippen LogP contribution in [0.15, 0.2) is 23.5 Å². The summed E-state index contributed by atoms with van der Waals surface area (Å²) in [6, 6.07) is 1.97. The van der Waals surface area contributed by atoms with Crippen LogP contribution in [0.25, 0.3) is 10.8 Å². The van der Waals surface area contributed by atoms with Gasteiger partial charge in [-0.2, -0.15) is 0 Å². The Bertz CT molecular complexity index is 1230. The number of rotatable bonds is 1. The number of aromatic hydroxyl groups is 2. The van der Waals surface area contributed by atoms with E-state index in [0.717, 1.165) is 6.92 Å². The van der Waals surface area contributed by atoms with E-state index < -0.39 is 52.0 Å². The average Bonchev–Trinajstić information content (AvgIpc) is 2.68. The molecule has 0 aliphatic heterocycles. The van der Waals surface area contributed by atoms with E-state index in [1.165, 1.54) is 0 Å². The maximum atomic E-state index is 13.5. The van der Waals surface area contributed by atoms with Gasteiger partial charge in [0.2, 0.25) is 5.78 Å². The molecule has 30 heavy (non-hydrogen) atoms. The molecule has 0 unspecified atom stereocenters. The lowest BCUT2D eigenvalue weighted by Crippen LogP contribution is -2.63. The van der Waals surface area contributed by atoms with Gasteiger partial charge in [0.1, 0.15) is 22.8 Å². The lowest BCUT2D eigenvalue weighted by atomic mass is 9.61. The molecule has 6 N–H and O–H groups in total. The van der Waals surface area contributed by atoms with Crippen LogP contribution in [0.2, 0.25) is 0 Å². The number of fused-ring (bicyclic) bond motifs is 3. The predicted octanol–water partition coefficient (Wildman–Crippen LogP) is 1.27. The molecule has 0 bridgehead atoms. The Morgan fingerprint density at radius 2 is 1.77 bits per heavy atom. The van der Waals surface area contributed by atoms with Gasteiger partial charge in [-0.15, -0.1) is 0 Å². The molecule has 0 radical (unpaired) electrons. The number of phenols is 2. The van der Waals surface area contributed by atoms with Gasteiger partial charge in [-0.3, -0.25) is 14.4 Å². The molecule has 2 aliphatic carbocycles. The lowest BCUT2D eigenvalue weighted by Gasteiger charge is -2.45. The van der Waals surface area contributed by atoms with Crippen LogP contribution in [0.5, 0.6) is 11.5 Å². The van der Waals surface area contributed by atoms with Gasteiger partial charge in [-0.05, 0) is 49.3 Å². The van der Waals surface area contributed by atoms with Gasteiger partial charge in [-0.1, -0.05) is 12.1 Å². The molecule has 2 aliphatic rings. The molecule has 0 fully saturated rings.